The number of halogens is 1. The number of oxazole rings is 1. The summed E-state index contributed by atoms with van der Waals surface area (Å²) >= 11 is 0. The molecular formula is C16H22ClN3O4. The number of hydrogen-bond acceptors (Lipinski definition) is 6. The average molecular weight is 356 g/mol. The molecule has 132 valence electrons. The van der Waals surface area contributed by atoms with Crippen LogP contribution in [0.3, 0.4) is 0 Å². The molecule has 0 aliphatic carbocycles. The van der Waals surface area contributed by atoms with Crippen LogP contribution in [0.2, 0.25) is 0 Å². The summed E-state index contributed by atoms with van der Waals surface area (Å²) in [6, 6.07) is 5.52. The van der Waals surface area contributed by atoms with E-state index in [0.717, 1.165) is 12.1 Å². The van der Waals surface area contributed by atoms with Crippen LogP contribution in [0.15, 0.2) is 22.6 Å². The molecular weight excluding hydrogens is 334 g/mol. The number of benzene rings is 1. The zero-order chi connectivity index (χ0) is 16.1. The van der Waals surface area contributed by atoms with Crippen molar-refractivity contribution in [1.29, 1.82) is 0 Å². The van der Waals surface area contributed by atoms with Gasteiger partial charge < -0.3 is 24.5 Å². The van der Waals surface area contributed by atoms with E-state index in [-0.39, 0.29) is 24.4 Å². The minimum absolute atomic E-state index is 0. The number of carbonyl (C=O) groups excluding carboxylic acids is 1. The molecule has 1 amide bonds. The normalized spacial score (nSPS) is 17.5. The van der Waals surface area contributed by atoms with E-state index in [1.54, 1.807) is 7.11 Å². The van der Waals surface area contributed by atoms with Crippen LogP contribution in [0.4, 0.5) is 5.69 Å². The van der Waals surface area contributed by atoms with Crippen LogP contribution in [0.1, 0.15) is 12.3 Å². The summed E-state index contributed by atoms with van der Waals surface area (Å²) in [7, 11) is 1.64. The van der Waals surface area contributed by atoms with E-state index >= 15 is 0 Å². The van der Waals surface area contributed by atoms with E-state index in [2.05, 4.69) is 15.6 Å². The Bertz CT molecular complexity index is 670. The summed E-state index contributed by atoms with van der Waals surface area (Å²) in [6.07, 6.45) is 1.01. The van der Waals surface area contributed by atoms with E-state index in [0.29, 0.717) is 49.8 Å². The Morgan fingerprint density at radius 2 is 2.38 bits per heavy atom. The van der Waals surface area contributed by atoms with Crippen molar-refractivity contribution in [1.82, 2.24) is 10.3 Å². The Hall–Kier alpha value is -1.67. The molecule has 1 fully saturated rings. The average Bonchev–Trinajstić information content (AvgIpc) is 2.96. The van der Waals surface area contributed by atoms with Crippen molar-refractivity contribution in [2.24, 2.45) is 0 Å². The molecule has 0 saturated carbocycles. The second kappa shape index (κ2) is 8.98. The van der Waals surface area contributed by atoms with Crippen LogP contribution in [0, 0.1) is 0 Å². The van der Waals surface area contributed by atoms with Crippen molar-refractivity contribution < 1.29 is 18.7 Å². The van der Waals surface area contributed by atoms with Gasteiger partial charge in [-0.25, -0.2) is 4.98 Å². The zero-order valence-electron chi connectivity index (χ0n) is 13.5. The highest BCUT2D eigenvalue weighted by Crippen LogP contribution is 2.20. The monoisotopic (exact) mass is 355 g/mol. The van der Waals surface area contributed by atoms with Crippen LogP contribution in [0.25, 0.3) is 11.1 Å². The van der Waals surface area contributed by atoms with Crippen molar-refractivity contribution in [2.45, 2.75) is 18.9 Å². The Balaban J connectivity index is 0.00000208. The number of amides is 1. The highest BCUT2D eigenvalue weighted by atomic mass is 35.5. The lowest BCUT2D eigenvalue weighted by Gasteiger charge is -2.23. The predicted octanol–water partition coefficient (Wildman–Crippen LogP) is 1.76. The first-order chi connectivity index (χ1) is 11.2. The third kappa shape index (κ3) is 4.91. The lowest BCUT2D eigenvalue weighted by Crippen LogP contribution is -2.43. The van der Waals surface area contributed by atoms with Crippen LogP contribution in [-0.4, -0.2) is 50.4 Å². The summed E-state index contributed by atoms with van der Waals surface area (Å²) in [5.41, 5.74) is 2.15. The Morgan fingerprint density at radius 3 is 3.12 bits per heavy atom. The Labute approximate surface area is 146 Å². The molecule has 1 aliphatic heterocycles. The minimum atomic E-state index is -0.0459. The van der Waals surface area contributed by atoms with Crippen LogP contribution in [0.5, 0.6) is 0 Å². The quantitative estimate of drug-likeness (QED) is 0.821. The van der Waals surface area contributed by atoms with Gasteiger partial charge in [-0.3, -0.25) is 4.79 Å². The van der Waals surface area contributed by atoms with Gasteiger partial charge in [0.05, 0.1) is 19.8 Å². The van der Waals surface area contributed by atoms with Gasteiger partial charge in [-0.05, 0) is 18.2 Å². The summed E-state index contributed by atoms with van der Waals surface area (Å²) < 4.78 is 16.0. The van der Waals surface area contributed by atoms with E-state index < -0.39 is 0 Å². The van der Waals surface area contributed by atoms with Gasteiger partial charge >= 0.3 is 0 Å². The number of morpholine rings is 1. The molecule has 1 saturated heterocycles. The molecule has 1 aromatic heterocycles. The maximum atomic E-state index is 12.1. The molecule has 0 spiro atoms. The lowest BCUT2D eigenvalue weighted by molar-refractivity contribution is -0.117. The number of methoxy groups -OCH3 is 1. The fourth-order valence-corrected chi connectivity index (χ4v) is 2.54. The second-order valence-electron chi connectivity index (χ2n) is 5.51. The smallest absolute Gasteiger partial charge is 0.226 e. The third-order valence-electron chi connectivity index (χ3n) is 3.67. The molecule has 2 heterocycles. The second-order valence-corrected chi connectivity index (χ2v) is 5.51. The van der Waals surface area contributed by atoms with Gasteiger partial charge in [0, 0.05) is 38.2 Å². The Kier molecular flexibility index (Phi) is 6.99. The van der Waals surface area contributed by atoms with E-state index in [1.165, 1.54) is 0 Å². The number of nitrogens with zero attached hydrogens (tertiary/aromatic N) is 1. The maximum Gasteiger partial charge on any atom is 0.226 e. The fraction of sp³-hybridized carbons (Fsp3) is 0.500. The topological polar surface area (TPSA) is 85.6 Å². The summed E-state index contributed by atoms with van der Waals surface area (Å²) in [5.74, 6) is 0.587. The molecule has 2 N–H and O–H groups in total. The van der Waals surface area contributed by atoms with Crippen molar-refractivity contribution in [3.8, 4) is 0 Å². The number of ether oxygens (including phenoxy) is 2. The van der Waals surface area contributed by atoms with Crippen LogP contribution >= 0.6 is 12.4 Å². The van der Waals surface area contributed by atoms with Gasteiger partial charge in [-0.1, -0.05) is 0 Å². The van der Waals surface area contributed by atoms with Gasteiger partial charge in [-0.2, -0.15) is 0 Å². The number of rotatable bonds is 6. The van der Waals surface area contributed by atoms with E-state index in [9.17, 15) is 4.79 Å². The molecule has 1 atom stereocenters. The first kappa shape index (κ1) is 18.7. The van der Waals surface area contributed by atoms with Crippen molar-refractivity contribution in [3.05, 3.63) is 24.1 Å². The Morgan fingerprint density at radius 1 is 1.50 bits per heavy atom. The zero-order valence-corrected chi connectivity index (χ0v) is 14.4. The van der Waals surface area contributed by atoms with Gasteiger partial charge in [0.15, 0.2) is 11.5 Å². The third-order valence-corrected chi connectivity index (χ3v) is 3.67. The van der Waals surface area contributed by atoms with E-state index in [4.69, 9.17) is 13.9 Å². The van der Waals surface area contributed by atoms with Gasteiger partial charge in [0.25, 0.3) is 0 Å². The van der Waals surface area contributed by atoms with Gasteiger partial charge in [0.2, 0.25) is 5.91 Å². The molecule has 7 nitrogen and oxygen atoms in total. The highest BCUT2D eigenvalue weighted by Gasteiger charge is 2.17. The molecule has 3 rings (SSSR count). The predicted molar refractivity (Wildman–Crippen MR) is 92.7 cm³/mol. The summed E-state index contributed by atoms with van der Waals surface area (Å²) in [6.45, 7) is 2.62. The lowest BCUT2D eigenvalue weighted by atomic mass is 10.2. The number of nitrogens with one attached hydrogen (secondary N) is 2. The highest BCUT2D eigenvalue weighted by molar-refractivity contribution is 5.93. The molecule has 1 aromatic carbocycles. The molecule has 1 unspecified atom stereocenters. The first-order valence-electron chi connectivity index (χ1n) is 7.74. The largest absolute Gasteiger partial charge is 0.441 e. The molecule has 2 aromatic rings. The van der Waals surface area contributed by atoms with Gasteiger partial charge in [-0.15, -0.1) is 12.4 Å². The summed E-state index contributed by atoms with van der Waals surface area (Å²) in [5, 5.41) is 6.16. The molecule has 24 heavy (non-hydrogen) atoms. The van der Waals surface area contributed by atoms with Crippen LogP contribution < -0.4 is 10.6 Å². The standard InChI is InChI=1S/C16H21N3O4.ClH/c1-21-6-4-16-19-13-8-11(2-3-14(13)23-16)18-15(20)9-12-10-22-7-5-17-12;/h2-3,8,12,17H,4-7,9-10H2,1H3,(H,18,20);1H. The van der Waals surface area contributed by atoms with Crippen molar-refractivity contribution in [3.63, 3.8) is 0 Å². The summed E-state index contributed by atoms with van der Waals surface area (Å²) in [4.78, 5) is 16.5. The van der Waals surface area contributed by atoms with E-state index in [1.807, 2.05) is 18.2 Å². The number of fused-ring (bicyclic) bond motifs is 1. The van der Waals surface area contributed by atoms with Crippen molar-refractivity contribution >= 4 is 35.1 Å². The van der Waals surface area contributed by atoms with Crippen molar-refractivity contribution in [2.75, 3.05) is 38.8 Å². The minimum Gasteiger partial charge on any atom is -0.441 e. The van der Waals surface area contributed by atoms with Crippen LogP contribution in [-0.2, 0) is 20.7 Å². The SMILES string of the molecule is COCCc1nc2cc(NC(=O)CC3COCCN3)ccc2o1.Cl. The number of carbonyl (C=O) groups is 1. The maximum absolute atomic E-state index is 12.1. The molecule has 0 radical (unpaired) electrons. The fourth-order valence-electron chi connectivity index (χ4n) is 2.54. The number of hydrogen-bond donors (Lipinski definition) is 2. The number of aromatic nitrogens is 1. The molecule has 1 aliphatic rings. The van der Waals surface area contributed by atoms with Gasteiger partial charge in [0.1, 0.15) is 5.52 Å². The first-order valence-corrected chi connectivity index (χ1v) is 7.74. The number of anilines is 1. The molecule has 0 bridgehead atoms. The molecule has 8 heteroatoms.